The van der Waals surface area contributed by atoms with Gasteiger partial charge in [0.1, 0.15) is 0 Å². The molecule has 2 fully saturated rings. The van der Waals surface area contributed by atoms with Gasteiger partial charge in [0.25, 0.3) is 0 Å². The molecule has 2 saturated heterocycles. The molecule has 354 valence electrons. The SMILES string of the molecule is CCC1(COCCCCCOCc2ccc3sc4cc5c6cc(COCCCCCOCC7(CC)COC7)ccc6n(-c6nc(-c7ccccc7)nc(-c7ccccc7)n6)c5cc4c3c2)COC1. The van der Waals surface area contributed by atoms with E-state index in [0.29, 0.717) is 37.4 Å². The number of aromatic nitrogens is 4. The summed E-state index contributed by atoms with van der Waals surface area (Å²) < 4.78 is 40.2. The van der Waals surface area contributed by atoms with E-state index in [4.69, 9.17) is 43.4 Å². The Labute approximate surface area is 403 Å². The highest BCUT2D eigenvalue weighted by atomic mass is 32.1. The Hall–Kier alpha value is -5.11. The third-order valence-electron chi connectivity index (χ3n) is 14.0. The lowest BCUT2D eigenvalue weighted by Crippen LogP contribution is -2.45. The number of hydrogen-bond acceptors (Lipinski definition) is 10. The molecule has 0 radical (unpaired) electrons. The maximum atomic E-state index is 6.29. The van der Waals surface area contributed by atoms with E-state index in [1.54, 1.807) is 0 Å². The number of nitrogens with zero attached hydrogens (tertiary/aromatic N) is 4. The number of ether oxygens (including phenoxy) is 6. The second-order valence-corrected chi connectivity index (χ2v) is 20.1. The lowest BCUT2D eigenvalue weighted by atomic mass is 9.84. The fourth-order valence-electron chi connectivity index (χ4n) is 9.36. The predicted molar refractivity (Wildman–Crippen MR) is 274 cm³/mol. The molecule has 0 aliphatic carbocycles. The molecule has 0 saturated carbocycles. The molecule has 5 aromatic carbocycles. The van der Waals surface area contributed by atoms with Crippen molar-refractivity contribution in [3.05, 3.63) is 120 Å². The Balaban J connectivity index is 0.897. The van der Waals surface area contributed by atoms with Crippen LogP contribution in [0.15, 0.2) is 109 Å². The van der Waals surface area contributed by atoms with E-state index in [9.17, 15) is 0 Å². The number of benzene rings is 5. The van der Waals surface area contributed by atoms with Gasteiger partial charge in [-0.05, 0) is 98.9 Å². The van der Waals surface area contributed by atoms with Crippen LogP contribution in [0.2, 0.25) is 0 Å². The summed E-state index contributed by atoms with van der Waals surface area (Å²) in [5.41, 5.74) is 6.74. The molecule has 8 aromatic rings. The molecule has 2 aliphatic rings. The molecule has 11 heteroatoms. The minimum absolute atomic E-state index is 0.239. The maximum Gasteiger partial charge on any atom is 0.238 e. The van der Waals surface area contributed by atoms with Gasteiger partial charge in [-0.3, -0.25) is 4.57 Å². The number of rotatable bonds is 25. The van der Waals surface area contributed by atoms with Gasteiger partial charge in [-0.2, -0.15) is 9.97 Å². The van der Waals surface area contributed by atoms with Crippen LogP contribution in [0.25, 0.3) is 70.7 Å². The van der Waals surface area contributed by atoms with E-state index in [1.807, 2.05) is 47.7 Å². The first-order chi connectivity index (χ1) is 33.5. The van der Waals surface area contributed by atoms with Crippen molar-refractivity contribution in [3.8, 4) is 28.7 Å². The molecule has 10 rings (SSSR count). The molecule has 0 bridgehead atoms. The summed E-state index contributed by atoms with van der Waals surface area (Å²) in [5, 5.41) is 4.73. The molecule has 3 aromatic heterocycles. The van der Waals surface area contributed by atoms with Gasteiger partial charge in [-0.1, -0.05) is 86.6 Å². The van der Waals surface area contributed by atoms with Crippen LogP contribution in [-0.4, -0.2) is 85.6 Å². The van der Waals surface area contributed by atoms with Crippen molar-refractivity contribution in [2.45, 2.75) is 78.4 Å². The van der Waals surface area contributed by atoms with Gasteiger partial charge in [-0.15, -0.1) is 11.3 Å². The number of hydrogen-bond donors (Lipinski definition) is 0. The van der Waals surface area contributed by atoms with Crippen molar-refractivity contribution in [1.29, 1.82) is 0 Å². The molecule has 0 amide bonds. The van der Waals surface area contributed by atoms with Gasteiger partial charge in [0.05, 0.1) is 63.9 Å². The molecular weight excluding hydrogens is 869 g/mol. The van der Waals surface area contributed by atoms with E-state index in [1.165, 1.54) is 25.7 Å². The van der Waals surface area contributed by atoms with Crippen molar-refractivity contribution in [1.82, 2.24) is 19.5 Å². The molecule has 10 nitrogen and oxygen atoms in total. The lowest BCUT2D eigenvalue weighted by Gasteiger charge is -2.40. The van der Waals surface area contributed by atoms with Gasteiger partial charge in [0.2, 0.25) is 5.95 Å². The topological polar surface area (TPSA) is 99.0 Å². The minimum atomic E-state index is 0.239. The first-order valence-corrected chi connectivity index (χ1v) is 25.6. The zero-order valence-electron chi connectivity index (χ0n) is 39.7. The Bertz CT molecular complexity index is 2860. The van der Waals surface area contributed by atoms with Gasteiger partial charge >= 0.3 is 0 Å². The van der Waals surface area contributed by atoms with Crippen LogP contribution in [0, 0.1) is 10.8 Å². The van der Waals surface area contributed by atoms with Gasteiger partial charge in [-0.25, -0.2) is 4.98 Å². The highest BCUT2D eigenvalue weighted by Crippen LogP contribution is 2.41. The van der Waals surface area contributed by atoms with Gasteiger partial charge in [0, 0.05) is 79.3 Å². The summed E-state index contributed by atoms with van der Waals surface area (Å²) in [4.78, 5) is 15.5. The maximum absolute atomic E-state index is 6.29. The van der Waals surface area contributed by atoms with Crippen molar-refractivity contribution in [3.63, 3.8) is 0 Å². The third-order valence-corrected chi connectivity index (χ3v) is 15.1. The second kappa shape index (κ2) is 21.7. The highest BCUT2D eigenvalue weighted by molar-refractivity contribution is 7.25. The summed E-state index contributed by atoms with van der Waals surface area (Å²) in [6.07, 6.45) is 8.51. The van der Waals surface area contributed by atoms with E-state index in [0.717, 1.165) is 149 Å². The molecule has 0 unspecified atom stereocenters. The predicted octanol–water partition coefficient (Wildman–Crippen LogP) is 12.9. The standard InChI is InChI=1S/C57H64N4O6S/c1-3-56(37-66-38-56)35-64-27-15-7-13-25-62-33-41-21-23-49-45(29-41)46-32-52-48(47-30-42(22-24-51(47)68-52)34-63-26-14-8-16-28-65-36-57(4-2)39-67-40-57)31-50(46)61(49)55-59-53(43-17-9-5-10-18-43)58-54(60-55)44-19-11-6-12-20-44/h5-6,9-12,17-24,29-32H,3-4,7-8,13-16,25-28,33-40H2,1-2H3. The Morgan fingerprint density at radius 3 is 1.53 bits per heavy atom. The van der Waals surface area contributed by atoms with Crippen LogP contribution >= 0.6 is 11.3 Å². The molecule has 0 spiro atoms. The molecule has 2 aliphatic heterocycles. The van der Waals surface area contributed by atoms with Crippen molar-refractivity contribution < 1.29 is 28.4 Å². The van der Waals surface area contributed by atoms with Crippen LogP contribution < -0.4 is 0 Å². The normalized spacial score (nSPS) is 15.4. The van der Waals surface area contributed by atoms with E-state index in [-0.39, 0.29) is 10.8 Å². The fraction of sp³-hybridized carbons (Fsp3) is 0.421. The fourth-order valence-corrected chi connectivity index (χ4v) is 10.5. The van der Waals surface area contributed by atoms with Crippen LogP contribution in [0.5, 0.6) is 0 Å². The van der Waals surface area contributed by atoms with Crippen molar-refractivity contribution in [2.24, 2.45) is 10.8 Å². The summed E-state index contributed by atoms with van der Waals surface area (Å²) in [7, 11) is 0. The molecule has 0 N–H and O–H groups in total. The average Bonchev–Trinajstić information content (AvgIpc) is 3.87. The molecule has 68 heavy (non-hydrogen) atoms. The van der Waals surface area contributed by atoms with Crippen LogP contribution in [0.4, 0.5) is 0 Å². The van der Waals surface area contributed by atoms with Gasteiger partial charge in [0.15, 0.2) is 11.6 Å². The average molecular weight is 933 g/mol. The van der Waals surface area contributed by atoms with Crippen LogP contribution in [0.3, 0.4) is 0 Å². The summed E-state index contributed by atoms with van der Waals surface area (Å²) in [5.74, 6) is 1.83. The quantitative estimate of drug-likeness (QED) is 0.0519. The van der Waals surface area contributed by atoms with E-state index < -0.39 is 0 Å². The minimum Gasteiger partial charge on any atom is -0.381 e. The van der Waals surface area contributed by atoms with E-state index in [2.05, 4.69) is 91.2 Å². The highest BCUT2D eigenvalue weighted by Gasteiger charge is 2.37. The zero-order valence-corrected chi connectivity index (χ0v) is 40.5. The molecular formula is C57H64N4O6S. The Morgan fingerprint density at radius 2 is 1.00 bits per heavy atom. The zero-order chi connectivity index (χ0) is 46.2. The van der Waals surface area contributed by atoms with Crippen molar-refractivity contribution >= 4 is 53.3 Å². The second-order valence-electron chi connectivity index (χ2n) is 19.0. The van der Waals surface area contributed by atoms with Crippen molar-refractivity contribution in [2.75, 3.05) is 66.1 Å². The monoisotopic (exact) mass is 932 g/mol. The van der Waals surface area contributed by atoms with Crippen LogP contribution in [-0.2, 0) is 41.6 Å². The van der Waals surface area contributed by atoms with Gasteiger partial charge < -0.3 is 28.4 Å². The summed E-state index contributed by atoms with van der Waals surface area (Å²) >= 11 is 1.83. The Morgan fingerprint density at radius 1 is 0.500 bits per heavy atom. The van der Waals surface area contributed by atoms with Crippen LogP contribution in [0.1, 0.15) is 76.3 Å². The number of fused-ring (bicyclic) bond motifs is 6. The first kappa shape index (κ1) is 46.6. The Kier molecular flexibility index (Phi) is 14.9. The number of unbranched alkanes of at least 4 members (excludes halogenated alkanes) is 4. The smallest absolute Gasteiger partial charge is 0.238 e. The third kappa shape index (κ3) is 10.4. The van der Waals surface area contributed by atoms with E-state index >= 15 is 0 Å². The summed E-state index contributed by atoms with van der Waals surface area (Å²) in [6, 6.07) is 38.5. The summed E-state index contributed by atoms with van der Waals surface area (Å²) in [6.45, 7) is 13.5. The number of thiophene rings is 1. The molecule has 5 heterocycles. The first-order valence-electron chi connectivity index (χ1n) is 24.8. The molecule has 0 atom stereocenters. The lowest BCUT2D eigenvalue weighted by molar-refractivity contribution is -0.150. The largest absolute Gasteiger partial charge is 0.381 e.